The molecule has 1 aromatic heterocycles. The molecule has 2 aromatic rings. The van der Waals surface area contributed by atoms with E-state index >= 15 is 0 Å². The van der Waals surface area contributed by atoms with Gasteiger partial charge in [0.25, 0.3) is 0 Å². The summed E-state index contributed by atoms with van der Waals surface area (Å²) in [6.45, 7) is 2.77. The van der Waals surface area contributed by atoms with E-state index < -0.39 is 0 Å². The lowest BCUT2D eigenvalue weighted by Crippen LogP contribution is -2.51. The fourth-order valence-corrected chi connectivity index (χ4v) is 2.58. The van der Waals surface area contributed by atoms with Crippen molar-refractivity contribution >= 4 is 0 Å². The molecule has 2 heterocycles. The Morgan fingerprint density at radius 1 is 1.23 bits per heavy atom. The highest BCUT2D eigenvalue weighted by atomic mass is 19.1. The SMILES string of the molecule is Cn1cc(CN2CC(OCc3ccccc3F)C2)ccc1=O. The molecular formula is C17H19FN2O2. The number of aromatic nitrogens is 1. The molecule has 0 bridgehead atoms. The second kappa shape index (κ2) is 6.42. The van der Waals surface area contributed by atoms with Gasteiger partial charge in [-0.2, -0.15) is 0 Å². The van der Waals surface area contributed by atoms with Crippen LogP contribution in [0.15, 0.2) is 47.4 Å². The Bertz CT molecular complexity index is 708. The normalized spacial score (nSPS) is 15.7. The van der Waals surface area contributed by atoms with Gasteiger partial charge in [-0.1, -0.05) is 24.3 Å². The van der Waals surface area contributed by atoms with Gasteiger partial charge in [0.1, 0.15) is 5.82 Å². The molecule has 5 heteroatoms. The molecule has 1 fully saturated rings. The summed E-state index contributed by atoms with van der Waals surface area (Å²) in [5.41, 5.74) is 1.70. The zero-order valence-corrected chi connectivity index (χ0v) is 12.5. The van der Waals surface area contributed by atoms with Crippen molar-refractivity contribution in [1.82, 2.24) is 9.47 Å². The number of halogens is 1. The minimum Gasteiger partial charge on any atom is -0.371 e. The predicted molar refractivity (Wildman–Crippen MR) is 81.9 cm³/mol. The molecule has 0 aliphatic carbocycles. The molecule has 0 unspecified atom stereocenters. The van der Waals surface area contributed by atoms with Gasteiger partial charge in [-0.25, -0.2) is 4.39 Å². The monoisotopic (exact) mass is 302 g/mol. The lowest BCUT2D eigenvalue weighted by Gasteiger charge is -2.39. The molecule has 1 aliphatic rings. The Labute approximate surface area is 128 Å². The van der Waals surface area contributed by atoms with E-state index in [4.69, 9.17) is 4.74 Å². The summed E-state index contributed by atoms with van der Waals surface area (Å²) in [4.78, 5) is 13.6. The number of hydrogen-bond donors (Lipinski definition) is 0. The minimum atomic E-state index is -0.219. The van der Waals surface area contributed by atoms with E-state index in [0.29, 0.717) is 12.2 Å². The fourth-order valence-electron chi connectivity index (χ4n) is 2.58. The second-order valence-electron chi connectivity index (χ2n) is 5.70. The lowest BCUT2D eigenvalue weighted by atomic mass is 10.1. The van der Waals surface area contributed by atoms with Crippen molar-refractivity contribution < 1.29 is 9.13 Å². The van der Waals surface area contributed by atoms with Crippen molar-refractivity contribution in [3.63, 3.8) is 0 Å². The summed E-state index contributed by atoms with van der Waals surface area (Å²) in [5, 5.41) is 0. The Hall–Kier alpha value is -1.98. The van der Waals surface area contributed by atoms with Gasteiger partial charge in [-0.05, 0) is 11.6 Å². The fraction of sp³-hybridized carbons (Fsp3) is 0.353. The summed E-state index contributed by atoms with van der Waals surface area (Å²) in [5.74, 6) is -0.219. The Morgan fingerprint density at radius 2 is 2.00 bits per heavy atom. The molecule has 22 heavy (non-hydrogen) atoms. The highest BCUT2D eigenvalue weighted by Crippen LogP contribution is 2.17. The van der Waals surface area contributed by atoms with Gasteiger partial charge in [0.15, 0.2) is 0 Å². The van der Waals surface area contributed by atoms with Crippen LogP contribution >= 0.6 is 0 Å². The molecule has 0 amide bonds. The number of aryl methyl sites for hydroxylation is 1. The van der Waals surface area contributed by atoms with Crippen LogP contribution in [0.25, 0.3) is 0 Å². The van der Waals surface area contributed by atoms with Crippen LogP contribution in [0.2, 0.25) is 0 Å². The zero-order chi connectivity index (χ0) is 15.5. The van der Waals surface area contributed by atoms with Crippen LogP contribution in [0.1, 0.15) is 11.1 Å². The van der Waals surface area contributed by atoms with Gasteiger partial charge in [0.2, 0.25) is 5.56 Å². The van der Waals surface area contributed by atoms with E-state index in [1.807, 2.05) is 18.3 Å². The Kier molecular flexibility index (Phi) is 4.36. The maximum atomic E-state index is 13.5. The number of benzene rings is 1. The molecule has 116 valence electrons. The maximum absolute atomic E-state index is 13.5. The minimum absolute atomic E-state index is 0.00143. The Balaban J connectivity index is 1.45. The predicted octanol–water partition coefficient (Wildman–Crippen LogP) is 1.93. The molecule has 1 saturated heterocycles. The standard InChI is InChI=1S/C17H19FN2O2/c1-19-8-13(6-7-17(19)21)9-20-10-15(11-20)22-12-14-4-2-3-5-16(14)18/h2-8,15H,9-12H2,1H3. The third kappa shape index (κ3) is 3.43. The highest BCUT2D eigenvalue weighted by molar-refractivity contribution is 5.16. The molecule has 3 rings (SSSR count). The molecule has 0 N–H and O–H groups in total. The second-order valence-corrected chi connectivity index (χ2v) is 5.70. The molecule has 0 saturated carbocycles. The average molecular weight is 302 g/mol. The lowest BCUT2D eigenvalue weighted by molar-refractivity contribution is -0.0665. The van der Waals surface area contributed by atoms with Crippen LogP contribution in [0, 0.1) is 5.82 Å². The van der Waals surface area contributed by atoms with Crippen LogP contribution < -0.4 is 5.56 Å². The van der Waals surface area contributed by atoms with Gasteiger partial charge in [0, 0.05) is 44.5 Å². The van der Waals surface area contributed by atoms with Crippen molar-refractivity contribution in [3.8, 4) is 0 Å². The number of ether oxygens (including phenoxy) is 1. The Morgan fingerprint density at radius 3 is 2.73 bits per heavy atom. The van der Waals surface area contributed by atoms with Gasteiger partial charge in [-0.3, -0.25) is 9.69 Å². The number of pyridine rings is 1. The van der Waals surface area contributed by atoms with Crippen molar-refractivity contribution in [2.24, 2.45) is 7.05 Å². The molecule has 1 aliphatic heterocycles. The summed E-state index contributed by atoms with van der Waals surface area (Å²) in [6.07, 6.45) is 2.00. The topological polar surface area (TPSA) is 34.5 Å². The van der Waals surface area contributed by atoms with E-state index in [1.165, 1.54) is 6.07 Å². The first kappa shape index (κ1) is 14.9. The van der Waals surface area contributed by atoms with Crippen molar-refractivity contribution in [1.29, 1.82) is 0 Å². The van der Waals surface area contributed by atoms with Gasteiger partial charge >= 0.3 is 0 Å². The number of likely N-dealkylation sites (tertiary alicyclic amines) is 1. The number of rotatable bonds is 5. The van der Waals surface area contributed by atoms with Crippen molar-refractivity contribution in [2.75, 3.05) is 13.1 Å². The molecule has 1 aromatic carbocycles. The van der Waals surface area contributed by atoms with E-state index in [-0.39, 0.29) is 17.5 Å². The molecule has 0 atom stereocenters. The summed E-state index contributed by atoms with van der Waals surface area (Å²) in [7, 11) is 1.75. The van der Waals surface area contributed by atoms with Crippen molar-refractivity contribution in [2.45, 2.75) is 19.3 Å². The summed E-state index contributed by atoms with van der Waals surface area (Å²) in [6, 6.07) is 10.1. The van der Waals surface area contributed by atoms with Crippen LogP contribution in [0.3, 0.4) is 0 Å². The third-order valence-corrected chi connectivity index (χ3v) is 3.91. The largest absolute Gasteiger partial charge is 0.371 e. The van der Waals surface area contributed by atoms with E-state index in [0.717, 1.165) is 25.2 Å². The highest BCUT2D eigenvalue weighted by Gasteiger charge is 2.27. The smallest absolute Gasteiger partial charge is 0.250 e. The quantitative estimate of drug-likeness (QED) is 0.846. The van der Waals surface area contributed by atoms with Crippen molar-refractivity contribution in [3.05, 3.63) is 69.9 Å². The average Bonchev–Trinajstić information content (AvgIpc) is 2.46. The third-order valence-electron chi connectivity index (χ3n) is 3.91. The van der Waals surface area contributed by atoms with Gasteiger partial charge < -0.3 is 9.30 Å². The van der Waals surface area contributed by atoms with E-state index in [2.05, 4.69) is 4.90 Å². The molecule has 4 nitrogen and oxygen atoms in total. The first-order valence-corrected chi connectivity index (χ1v) is 7.35. The molecular weight excluding hydrogens is 283 g/mol. The van der Waals surface area contributed by atoms with Crippen LogP contribution in [0.4, 0.5) is 4.39 Å². The van der Waals surface area contributed by atoms with Crippen LogP contribution in [0.5, 0.6) is 0 Å². The first-order chi connectivity index (χ1) is 10.6. The zero-order valence-electron chi connectivity index (χ0n) is 12.5. The molecule has 0 spiro atoms. The summed E-state index contributed by atoms with van der Waals surface area (Å²) < 4.78 is 20.8. The van der Waals surface area contributed by atoms with Gasteiger partial charge in [-0.15, -0.1) is 0 Å². The number of hydrogen-bond acceptors (Lipinski definition) is 3. The van der Waals surface area contributed by atoms with Gasteiger partial charge in [0.05, 0.1) is 12.7 Å². The van der Waals surface area contributed by atoms with E-state index in [1.54, 1.807) is 29.8 Å². The first-order valence-electron chi connectivity index (χ1n) is 7.35. The van der Waals surface area contributed by atoms with E-state index in [9.17, 15) is 9.18 Å². The van der Waals surface area contributed by atoms with Crippen LogP contribution in [-0.4, -0.2) is 28.7 Å². The summed E-state index contributed by atoms with van der Waals surface area (Å²) >= 11 is 0. The maximum Gasteiger partial charge on any atom is 0.250 e. The van der Waals surface area contributed by atoms with Crippen LogP contribution in [-0.2, 0) is 24.9 Å². The number of nitrogens with zero attached hydrogens (tertiary/aromatic N) is 2. The molecule has 0 radical (unpaired) electrons.